The Labute approximate surface area is 160 Å². The van der Waals surface area contributed by atoms with Crippen molar-refractivity contribution in [1.29, 1.82) is 5.41 Å². The molecule has 0 bridgehead atoms. The molecule has 1 aliphatic carbocycles. The number of hydrogen-bond acceptors (Lipinski definition) is 4. The molecule has 0 aromatic heterocycles. The number of carbonyl (C=O) groups is 1. The fourth-order valence-electron chi connectivity index (χ4n) is 3.54. The van der Waals surface area contributed by atoms with Crippen molar-refractivity contribution in [3.8, 4) is 0 Å². The monoisotopic (exact) mass is 390 g/mol. The van der Waals surface area contributed by atoms with E-state index in [4.69, 9.17) is 5.41 Å². The molecule has 146 valence electrons. The first-order valence-corrected chi connectivity index (χ1v) is 10.7. The lowest BCUT2D eigenvalue weighted by atomic mass is 10.0. The molecule has 3 rings (SSSR count). The van der Waals surface area contributed by atoms with E-state index in [1.807, 2.05) is 4.90 Å². The van der Waals surface area contributed by atoms with Crippen LogP contribution in [0.4, 0.5) is 0 Å². The van der Waals surface area contributed by atoms with Gasteiger partial charge in [-0.25, -0.2) is 12.7 Å². The van der Waals surface area contributed by atoms with Crippen molar-refractivity contribution in [2.45, 2.75) is 43.5 Å². The first kappa shape index (κ1) is 19.4. The Morgan fingerprint density at radius 3 is 2.59 bits per heavy atom. The lowest BCUT2D eigenvalue weighted by molar-refractivity contribution is -0.118. The number of nitrogens with zero attached hydrogens (tertiary/aromatic N) is 2. The van der Waals surface area contributed by atoms with Gasteiger partial charge in [0, 0.05) is 26.1 Å². The molecule has 0 spiro atoms. The zero-order valence-corrected chi connectivity index (χ0v) is 16.3. The van der Waals surface area contributed by atoms with E-state index in [0.717, 1.165) is 24.8 Å². The van der Waals surface area contributed by atoms with Gasteiger partial charge in [-0.3, -0.25) is 10.2 Å². The minimum Gasteiger partial charge on any atom is -0.356 e. The van der Waals surface area contributed by atoms with Gasteiger partial charge in [0.15, 0.2) is 0 Å². The summed E-state index contributed by atoms with van der Waals surface area (Å²) in [5, 5.41) is 11.1. The third-order valence-electron chi connectivity index (χ3n) is 5.03. The average Bonchev–Trinajstić information content (AvgIpc) is 3.05. The highest BCUT2D eigenvalue weighted by Gasteiger charge is 2.37. The molecule has 1 aliphatic heterocycles. The first-order chi connectivity index (χ1) is 12.9. The van der Waals surface area contributed by atoms with Gasteiger partial charge < -0.3 is 10.2 Å². The molecule has 1 fully saturated rings. The highest BCUT2D eigenvalue weighted by Crippen LogP contribution is 2.26. The summed E-state index contributed by atoms with van der Waals surface area (Å²) in [6.45, 7) is 2.85. The van der Waals surface area contributed by atoms with Gasteiger partial charge in [0.1, 0.15) is 0 Å². The fourth-order valence-corrected chi connectivity index (χ4v) is 4.93. The number of amides is 1. The van der Waals surface area contributed by atoms with Crippen molar-refractivity contribution in [3.05, 3.63) is 42.0 Å². The van der Waals surface area contributed by atoms with Crippen molar-refractivity contribution in [2.24, 2.45) is 0 Å². The largest absolute Gasteiger partial charge is 0.356 e. The van der Waals surface area contributed by atoms with Crippen LogP contribution in [0.2, 0.25) is 0 Å². The van der Waals surface area contributed by atoms with Crippen LogP contribution in [-0.2, 0) is 21.2 Å². The highest BCUT2D eigenvalue weighted by molar-refractivity contribution is 7.89. The van der Waals surface area contributed by atoms with Crippen LogP contribution in [0.5, 0.6) is 0 Å². The van der Waals surface area contributed by atoms with Gasteiger partial charge in [0.05, 0.1) is 11.4 Å². The van der Waals surface area contributed by atoms with Gasteiger partial charge in [0.25, 0.3) is 10.0 Å². The summed E-state index contributed by atoms with van der Waals surface area (Å²) in [5.41, 5.74) is 0.954. The minimum atomic E-state index is -3.73. The number of sulfonamides is 1. The summed E-state index contributed by atoms with van der Waals surface area (Å²) in [4.78, 5) is 13.0. The van der Waals surface area contributed by atoms with Crippen LogP contribution >= 0.6 is 0 Å². The molecular formula is C19H26N4O3S. The first-order valence-electron chi connectivity index (χ1n) is 9.26. The van der Waals surface area contributed by atoms with E-state index in [1.165, 1.54) is 11.2 Å². The standard InChI is InChI=1S/C19H26N4O3S/c1-15(24)21-12-11-16-7-9-18(10-8-16)27(25,26)23-14-13-22(19(23)20)17-5-3-2-4-6-17/h2-3,7-10,17,20H,4-6,11-14H2,1H3,(H,21,24). The van der Waals surface area contributed by atoms with E-state index in [2.05, 4.69) is 17.5 Å². The van der Waals surface area contributed by atoms with Crippen LogP contribution in [0.15, 0.2) is 41.3 Å². The highest BCUT2D eigenvalue weighted by atomic mass is 32.2. The van der Waals surface area contributed by atoms with Crippen LogP contribution in [0.1, 0.15) is 31.7 Å². The Morgan fingerprint density at radius 1 is 1.22 bits per heavy atom. The van der Waals surface area contributed by atoms with Gasteiger partial charge in [-0.1, -0.05) is 24.3 Å². The number of nitrogens with one attached hydrogen (secondary N) is 2. The van der Waals surface area contributed by atoms with E-state index >= 15 is 0 Å². The summed E-state index contributed by atoms with van der Waals surface area (Å²) < 4.78 is 27.2. The van der Waals surface area contributed by atoms with Crippen molar-refractivity contribution >= 4 is 21.9 Å². The van der Waals surface area contributed by atoms with Crippen LogP contribution < -0.4 is 5.32 Å². The third kappa shape index (κ3) is 4.32. The van der Waals surface area contributed by atoms with Crippen molar-refractivity contribution in [2.75, 3.05) is 19.6 Å². The molecule has 1 heterocycles. The molecule has 2 N–H and O–H groups in total. The van der Waals surface area contributed by atoms with Gasteiger partial charge in [-0.05, 0) is 43.4 Å². The molecule has 7 nitrogen and oxygen atoms in total. The van der Waals surface area contributed by atoms with Crippen molar-refractivity contribution in [3.63, 3.8) is 0 Å². The fraction of sp³-hybridized carbons (Fsp3) is 0.474. The minimum absolute atomic E-state index is 0.0741. The molecule has 1 atom stereocenters. The van der Waals surface area contributed by atoms with E-state index in [0.29, 0.717) is 26.1 Å². The molecule has 8 heteroatoms. The zero-order valence-electron chi connectivity index (χ0n) is 15.5. The normalized spacial score (nSPS) is 20.2. The molecule has 1 aromatic rings. The second kappa shape index (κ2) is 8.12. The molecule has 2 aliphatic rings. The topological polar surface area (TPSA) is 93.6 Å². The molecule has 1 amide bonds. The van der Waals surface area contributed by atoms with Crippen LogP contribution in [-0.4, -0.2) is 55.2 Å². The third-order valence-corrected chi connectivity index (χ3v) is 6.84. The molecule has 1 saturated heterocycles. The van der Waals surface area contributed by atoms with Crippen molar-refractivity contribution < 1.29 is 13.2 Å². The Kier molecular flexibility index (Phi) is 5.84. The van der Waals surface area contributed by atoms with Crippen molar-refractivity contribution in [1.82, 2.24) is 14.5 Å². The predicted molar refractivity (Wildman–Crippen MR) is 104 cm³/mol. The second-order valence-electron chi connectivity index (χ2n) is 6.91. The van der Waals surface area contributed by atoms with Gasteiger partial charge in [0.2, 0.25) is 11.9 Å². The summed E-state index contributed by atoms with van der Waals surface area (Å²) in [7, 11) is -3.73. The SMILES string of the molecule is CC(=O)NCCc1ccc(S(=O)(=O)N2CCN(C3CC=CCC3)C2=N)cc1. The number of allylic oxidation sites excluding steroid dienone is 1. The van der Waals surface area contributed by atoms with Crippen LogP contribution in [0.3, 0.4) is 0 Å². The summed E-state index contributed by atoms with van der Waals surface area (Å²) in [5.74, 6) is -0.00945. The lowest BCUT2D eigenvalue weighted by Crippen LogP contribution is -2.42. The van der Waals surface area contributed by atoms with Gasteiger partial charge in [-0.15, -0.1) is 0 Å². The number of carbonyl (C=O) groups excluding carboxylic acids is 1. The maximum absolute atomic E-state index is 13.0. The second-order valence-corrected chi connectivity index (χ2v) is 8.77. The maximum Gasteiger partial charge on any atom is 0.266 e. The molecule has 0 saturated carbocycles. The van der Waals surface area contributed by atoms with E-state index in [9.17, 15) is 13.2 Å². The quantitative estimate of drug-likeness (QED) is 0.723. The molecular weight excluding hydrogens is 364 g/mol. The number of benzene rings is 1. The van der Waals surface area contributed by atoms with E-state index in [1.54, 1.807) is 24.3 Å². The number of rotatable bonds is 6. The Balaban J connectivity index is 1.68. The molecule has 0 radical (unpaired) electrons. The average molecular weight is 391 g/mol. The Hall–Kier alpha value is -2.35. The molecule has 1 aromatic carbocycles. The molecule has 1 unspecified atom stereocenters. The maximum atomic E-state index is 13.0. The molecule has 27 heavy (non-hydrogen) atoms. The predicted octanol–water partition coefficient (Wildman–Crippen LogP) is 1.71. The van der Waals surface area contributed by atoms with E-state index in [-0.39, 0.29) is 22.8 Å². The Morgan fingerprint density at radius 2 is 1.96 bits per heavy atom. The van der Waals surface area contributed by atoms with Gasteiger partial charge in [-0.2, -0.15) is 0 Å². The summed E-state index contributed by atoms with van der Waals surface area (Å²) in [6.07, 6.45) is 7.68. The number of guanidine groups is 1. The van der Waals surface area contributed by atoms with Gasteiger partial charge >= 0.3 is 0 Å². The zero-order chi connectivity index (χ0) is 19.4. The lowest BCUT2D eigenvalue weighted by Gasteiger charge is -2.30. The van der Waals surface area contributed by atoms with Crippen LogP contribution in [0.25, 0.3) is 0 Å². The number of hydrogen-bond donors (Lipinski definition) is 2. The smallest absolute Gasteiger partial charge is 0.266 e. The van der Waals surface area contributed by atoms with Crippen LogP contribution in [0, 0.1) is 5.41 Å². The van der Waals surface area contributed by atoms with E-state index < -0.39 is 10.0 Å². The summed E-state index contributed by atoms with van der Waals surface area (Å²) in [6, 6.07) is 6.89. The summed E-state index contributed by atoms with van der Waals surface area (Å²) >= 11 is 0. The Bertz CT molecular complexity index is 833.